The van der Waals surface area contributed by atoms with E-state index >= 15 is 0 Å². The number of rotatable bonds is 5. The van der Waals surface area contributed by atoms with Crippen LogP contribution in [0.1, 0.15) is 54.0 Å². The first kappa shape index (κ1) is 19.7. The number of ether oxygens (including phenoxy) is 1. The Hall–Kier alpha value is -2.67. The molecule has 1 aromatic heterocycles. The molecular weight excluding hydrogens is 352 g/mol. The molecule has 0 atom stereocenters. The number of nitrogens with one attached hydrogen (secondary N) is 2. The third-order valence-electron chi connectivity index (χ3n) is 3.93. The smallest absolute Gasteiger partial charge is 0.348 e. The van der Waals surface area contributed by atoms with Crippen molar-refractivity contribution in [3.05, 3.63) is 50.9 Å². The minimum atomic E-state index is -0.507. The number of carbonyl (C=O) groups excluding carboxylic acids is 3. The lowest BCUT2D eigenvalue weighted by molar-refractivity contribution is 0.0531. The van der Waals surface area contributed by atoms with Gasteiger partial charge in [0.2, 0.25) is 0 Å². The Labute approximate surface area is 156 Å². The van der Waals surface area contributed by atoms with Crippen LogP contribution in [-0.2, 0) is 4.74 Å². The number of hydrogen-bond acceptors (Lipinski definition) is 5. The zero-order chi connectivity index (χ0) is 19.4. The molecule has 2 rings (SSSR count). The molecule has 0 saturated carbocycles. The van der Waals surface area contributed by atoms with Crippen molar-refractivity contribution in [1.82, 2.24) is 5.32 Å². The fraction of sp³-hybridized carbons (Fsp3) is 0.316. The van der Waals surface area contributed by atoms with Crippen LogP contribution in [0.3, 0.4) is 0 Å². The molecule has 2 N–H and O–H groups in total. The first-order chi connectivity index (χ1) is 12.3. The first-order valence-electron chi connectivity index (χ1n) is 8.21. The van der Waals surface area contributed by atoms with Gasteiger partial charge in [0.1, 0.15) is 9.88 Å². The molecule has 0 spiro atoms. The van der Waals surface area contributed by atoms with Crippen LogP contribution in [0.4, 0.5) is 5.00 Å². The number of carbonyl (C=O) groups is 3. The molecule has 7 heteroatoms. The zero-order valence-corrected chi connectivity index (χ0v) is 16.3. The minimum absolute atomic E-state index is 0.232. The van der Waals surface area contributed by atoms with Crippen molar-refractivity contribution in [2.24, 2.45) is 0 Å². The van der Waals surface area contributed by atoms with E-state index < -0.39 is 5.97 Å². The van der Waals surface area contributed by atoms with Gasteiger partial charge in [-0.2, -0.15) is 0 Å². The van der Waals surface area contributed by atoms with Crippen molar-refractivity contribution in [3.63, 3.8) is 0 Å². The van der Waals surface area contributed by atoms with Crippen LogP contribution in [0.15, 0.2) is 18.2 Å². The lowest BCUT2D eigenvalue weighted by Crippen LogP contribution is -2.21. The van der Waals surface area contributed by atoms with E-state index in [2.05, 4.69) is 10.6 Å². The Morgan fingerprint density at radius 1 is 1.12 bits per heavy atom. The van der Waals surface area contributed by atoms with Crippen LogP contribution in [0, 0.1) is 20.8 Å². The Bertz CT molecular complexity index is 871. The van der Waals surface area contributed by atoms with E-state index in [4.69, 9.17) is 4.74 Å². The summed E-state index contributed by atoms with van der Waals surface area (Å²) in [6.07, 6.45) is 0. The van der Waals surface area contributed by atoms with Gasteiger partial charge in [-0.15, -0.1) is 11.3 Å². The van der Waals surface area contributed by atoms with Gasteiger partial charge in [0, 0.05) is 12.6 Å². The number of amides is 2. The number of hydrogen-bond donors (Lipinski definition) is 2. The lowest BCUT2D eigenvalue weighted by Gasteiger charge is -2.09. The van der Waals surface area contributed by atoms with Gasteiger partial charge in [-0.3, -0.25) is 9.59 Å². The van der Waals surface area contributed by atoms with Crippen molar-refractivity contribution in [2.75, 3.05) is 19.0 Å². The summed E-state index contributed by atoms with van der Waals surface area (Å²) < 4.78 is 5.04. The van der Waals surface area contributed by atoms with E-state index in [0.29, 0.717) is 21.0 Å². The minimum Gasteiger partial charge on any atom is -0.462 e. The van der Waals surface area contributed by atoms with Crippen LogP contribution >= 0.6 is 11.3 Å². The Morgan fingerprint density at radius 2 is 1.81 bits per heavy atom. The van der Waals surface area contributed by atoms with E-state index in [9.17, 15) is 14.4 Å². The summed E-state index contributed by atoms with van der Waals surface area (Å²) in [5.41, 5.74) is 3.08. The van der Waals surface area contributed by atoms with Crippen molar-refractivity contribution < 1.29 is 19.1 Å². The van der Waals surface area contributed by atoms with Crippen LogP contribution in [0.2, 0.25) is 0 Å². The fourth-order valence-electron chi connectivity index (χ4n) is 2.54. The number of aryl methyl sites for hydroxylation is 2. The van der Waals surface area contributed by atoms with Crippen molar-refractivity contribution in [2.45, 2.75) is 27.7 Å². The highest BCUT2D eigenvalue weighted by Crippen LogP contribution is 2.34. The van der Waals surface area contributed by atoms with Crippen molar-refractivity contribution in [3.8, 4) is 0 Å². The van der Waals surface area contributed by atoms with Gasteiger partial charge in [0.15, 0.2) is 0 Å². The molecule has 0 saturated heterocycles. The molecule has 0 radical (unpaired) electrons. The molecule has 1 aromatic carbocycles. The van der Waals surface area contributed by atoms with Gasteiger partial charge in [0.25, 0.3) is 11.8 Å². The molecule has 6 nitrogen and oxygen atoms in total. The predicted molar refractivity (Wildman–Crippen MR) is 102 cm³/mol. The summed E-state index contributed by atoms with van der Waals surface area (Å²) in [5, 5.41) is 5.65. The Morgan fingerprint density at radius 3 is 2.42 bits per heavy atom. The Kier molecular flexibility index (Phi) is 6.15. The lowest BCUT2D eigenvalue weighted by atomic mass is 10.0. The van der Waals surface area contributed by atoms with Gasteiger partial charge in [0.05, 0.1) is 12.2 Å². The van der Waals surface area contributed by atoms with Gasteiger partial charge in [-0.1, -0.05) is 17.7 Å². The van der Waals surface area contributed by atoms with Gasteiger partial charge >= 0.3 is 5.97 Å². The molecule has 2 amide bonds. The maximum Gasteiger partial charge on any atom is 0.348 e. The summed E-state index contributed by atoms with van der Waals surface area (Å²) in [6.45, 7) is 7.36. The molecule has 0 aliphatic rings. The summed E-state index contributed by atoms with van der Waals surface area (Å²) in [7, 11) is 1.50. The van der Waals surface area contributed by atoms with Crippen LogP contribution in [0.25, 0.3) is 0 Å². The standard InChI is InChI=1S/C19H22N2O4S/c1-6-25-19(24)15-12(4)14(17(23)20-5)18(26-15)21-16(22)13-9-10(2)7-8-11(13)3/h7-9H,6H2,1-5H3,(H,20,23)(H,21,22). The summed E-state index contributed by atoms with van der Waals surface area (Å²) in [5.74, 6) is -1.20. The summed E-state index contributed by atoms with van der Waals surface area (Å²) >= 11 is 1.04. The normalized spacial score (nSPS) is 10.3. The van der Waals surface area contributed by atoms with E-state index in [0.717, 1.165) is 22.5 Å². The molecule has 26 heavy (non-hydrogen) atoms. The summed E-state index contributed by atoms with van der Waals surface area (Å²) in [4.78, 5) is 37.4. The molecular formula is C19H22N2O4S. The molecule has 2 aromatic rings. The molecule has 1 heterocycles. The first-order valence-corrected chi connectivity index (χ1v) is 9.03. The van der Waals surface area contributed by atoms with E-state index in [1.165, 1.54) is 7.05 Å². The zero-order valence-electron chi connectivity index (χ0n) is 15.5. The Balaban J connectivity index is 2.46. The molecule has 0 unspecified atom stereocenters. The van der Waals surface area contributed by atoms with E-state index in [1.807, 2.05) is 26.0 Å². The second-order valence-electron chi connectivity index (χ2n) is 5.83. The number of benzene rings is 1. The molecule has 0 aliphatic carbocycles. The third-order valence-corrected chi connectivity index (χ3v) is 5.11. The second-order valence-corrected chi connectivity index (χ2v) is 6.85. The van der Waals surface area contributed by atoms with Gasteiger partial charge in [-0.05, 0) is 44.9 Å². The highest BCUT2D eigenvalue weighted by Gasteiger charge is 2.26. The van der Waals surface area contributed by atoms with Crippen molar-refractivity contribution >= 4 is 34.1 Å². The summed E-state index contributed by atoms with van der Waals surface area (Å²) in [6, 6.07) is 5.58. The van der Waals surface area contributed by atoms with E-state index in [-0.39, 0.29) is 24.0 Å². The van der Waals surface area contributed by atoms with E-state index in [1.54, 1.807) is 19.9 Å². The van der Waals surface area contributed by atoms with Crippen molar-refractivity contribution in [1.29, 1.82) is 0 Å². The molecule has 0 bridgehead atoms. The topological polar surface area (TPSA) is 84.5 Å². The fourth-order valence-corrected chi connectivity index (χ4v) is 3.64. The van der Waals surface area contributed by atoms with Crippen LogP contribution in [-0.4, -0.2) is 31.4 Å². The maximum absolute atomic E-state index is 12.7. The van der Waals surface area contributed by atoms with Gasteiger partial charge in [-0.25, -0.2) is 4.79 Å². The quantitative estimate of drug-likeness (QED) is 0.785. The number of anilines is 1. The van der Waals surface area contributed by atoms with Gasteiger partial charge < -0.3 is 15.4 Å². The average Bonchev–Trinajstić information content (AvgIpc) is 2.92. The second kappa shape index (κ2) is 8.14. The largest absolute Gasteiger partial charge is 0.462 e. The molecule has 0 aliphatic heterocycles. The monoisotopic (exact) mass is 374 g/mol. The maximum atomic E-state index is 12.7. The number of esters is 1. The third kappa shape index (κ3) is 3.94. The molecule has 138 valence electrons. The average molecular weight is 374 g/mol. The molecule has 0 fully saturated rings. The van der Waals surface area contributed by atoms with Crippen LogP contribution in [0.5, 0.6) is 0 Å². The highest BCUT2D eigenvalue weighted by atomic mass is 32.1. The van der Waals surface area contributed by atoms with Crippen LogP contribution < -0.4 is 10.6 Å². The predicted octanol–water partition coefficient (Wildman–Crippen LogP) is 3.46. The SMILES string of the molecule is CCOC(=O)c1sc(NC(=O)c2cc(C)ccc2C)c(C(=O)NC)c1C. The number of thiophene rings is 1. The highest BCUT2D eigenvalue weighted by molar-refractivity contribution is 7.18.